The van der Waals surface area contributed by atoms with Crippen LogP contribution in [0.25, 0.3) is 10.2 Å². The molecule has 1 unspecified atom stereocenters. The molecule has 3 atom stereocenters. The highest BCUT2D eigenvalue weighted by Crippen LogP contribution is 2.28. The van der Waals surface area contributed by atoms with E-state index in [0.717, 1.165) is 11.1 Å². The van der Waals surface area contributed by atoms with E-state index in [4.69, 9.17) is 5.73 Å². The molecule has 0 radical (unpaired) electrons. The predicted octanol–water partition coefficient (Wildman–Crippen LogP) is 3.67. The molecule has 0 bridgehead atoms. The molecule has 0 aliphatic heterocycles. The highest BCUT2D eigenvalue weighted by molar-refractivity contribution is 7.91. The third-order valence-electron chi connectivity index (χ3n) is 6.71. The van der Waals surface area contributed by atoms with Gasteiger partial charge in [-0.05, 0) is 60.2 Å². The van der Waals surface area contributed by atoms with E-state index in [9.17, 15) is 21.6 Å². The van der Waals surface area contributed by atoms with Crippen molar-refractivity contribution in [3.8, 4) is 0 Å². The second-order valence-electron chi connectivity index (χ2n) is 9.90. The average molecular weight is 601 g/mol. The molecule has 1 amide bonds. The number of aryl methyl sites for hydroxylation is 1. The van der Waals surface area contributed by atoms with E-state index in [1.807, 2.05) is 30.3 Å². The molecule has 2 heterocycles. The van der Waals surface area contributed by atoms with Crippen LogP contribution in [-0.2, 0) is 37.5 Å². The van der Waals surface area contributed by atoms with Gasteiger partial charge in [-0.25, -0.2) is 26.1 Å². The van der Waals surface area contributed by atoms with E-state index in [-0.39, 0.29) is 17.1 Å². The Balaban J connectivity index is 1.61. The van der Waals surface area contributed by atoms with Gasteiger partial charge in [0.25, 0.3) is 10.0 Å². The van der Waals surface area contributed by atoms with Crippen molar-refractivity contribution < 1.29 is 21.6 Å². The Morgan fingerprint density at radius 2 is 1.68 bits per heavy atom. The summed E-state index contributed by atoms with van der Waals surface area (Å²) in [5.74, 6) is -3.14. The van der Waals surface area contributed by atoms with E-state index in [0.29, 0.717) is 20.9 Å². The number of aromatic nitrogens is 2. The summed E-state index contributed by atoms with van der Waals surface area (Å²) in [6.07, 6.45) is 2.62. The topological polar surface area (TPSA) is 140 Å². The molecule has 0 aliphatic rings. The Morgan fingerprint density at radius 1 is 0.975 bits per heavy atom. The normalized spacial score (nSPS) is 14.5. The highest BCUT2D eigenvalue weighted by atomic mass is 32.2. The smallest absolute Gasteiger partial charge is 0.267 e. The number of fused-ring (bicyclic) bond motifs is 1. The second-order valence-corrected chi connectivity index (χ2v) is 14.8. The lowest BCUT2D eigenvalue weighted by atomic mass is 9.98. The summed E-state index contributed by atoms with van der Waals surface area (Å²) in [6, 6.07) is 17.3. The number of amides is 1. The third-order valence-corrected chi connectivity index (χ3v) is 11.1. The van der Waals surface area contributed by atoms with Crippen LogP contribution in [0.15, 0.2) is 83.5 Å². The first-order valence-corrected chi connectivity index (χ1v) is 16.9. The van der Waals surface area contributed by atoms with Crippen molar-refractivity contribution >= 4 is 47.3 Å². The number of carbonyl (C=O) groups is 1. The first-order valence-electron chi connectivity index (χ1n) is 12.8. The minimum absolute atomic E-state index is 0.104. The van der Waals surface area contributed by atoms with Gasteiger partial charge in [-0.2, -0.15) is 0 Å². The summed E-state index contributed by atoms with van der Waals surface area (Å²) in [7, 11) is -8.12. The van der Waals surface area contributed by atoms with Crippen molar-refractivity contribution in [2.45, 2.75) is 37.8 Å². The zero-order valence-electron chi connectivity index (χ0n) is 22.3. The van der Waals surface area contributed by atoms with Gasteiger partial charge in [0.1, 0.15) is 0 Å². The molecule has 212 valence electrons. The highest BCUT2D eigenvalue weighted by Gasteiger charge is 2.39. The number of pyridine rings is 1. The molecule has 12 heteroatoms. The summed E-state index contributed by atoms with van der Waals surface area (Å²) in [4.78, 5) is 21.8. The van der Waals surface area contributed by atoms with Crippen LogP contribution < -0.4 is 5.73 Å². The summed E-state index contributed by atoms with van der Waals surface area (Å²) in [5.41, 5.74) is 10.5. The lowest BCUT2D eigenvalue weighted by Crippen LogP contribution is -2.55. The summed E-state index contributed by atoms with van der Waals surface area (Å²) in [6.45, 7) is 3.20. The van der Waals surface area contributed by atoms with E-state index in [1.165, 1.54) is 30.4 Å². The van der Waals surface area contributed by atoms with E-state index >= 15 is 0 Å². The summed E-state index contributed by atoms with van der Waals surface area (Å²) >= 11 is 1.28. The Hall–Kier alpha value is -3.19. The number of carbonyl (C=O) groups excluding carboxylic acids is 1. The van der Waals surface area contributed by atoms with Crippen LogP contribution in [0, 0.1) is 11.8 Å². The minimum atomic E-state index is -4.43. The first-order chi connectivity index (χ1) is 19.0. The van der Waals surface area contributed by atoms with Crippen molar-refractivity contribution in [3.63, 3.8) is 0 Å². The SMILES string of the molecule is CC(CS(=O)(=O)CCc1ccncc1)C(=O)N([C@H](N)[C@@H](C)Cc1ccccc1)S(=O)(=O)c1ccc2ncsc2c1. The molecule has 0 spiro atoms. The summed E-state index contributed by atoms with van der Waals surface area (Å²) in [5, 5.41) is 0. The van der Waals surface area contributed by atoms with Gasteiger partial charge in [-0.15, -0.1) is 11.3 Å². The van der Waals surface area contributed by atoms with Crippen LogP contribution in [0.5, 0.6) is 0 Å². The number of rotatable bonds is 12. The van der Waals surface area contributed by atoms with Crippen molar-refractivity contribution in [2.24, 2.45) is 17.6 Å². The quantitative estimate of drug-likeness (QED) is 0.243. The fraction of sp³-hybridized carbons (Fsp3) is 0.321. The standard InChI is InChI=1S/C28H32N4O5S3/c1-20(16-23-6-4-3-5-7-23)27(29)32(40(36,37)24-8-9-25-26(17-24)38-19-31-25)28(33)21(2)18-39(34,35)15-12-22-10-13-30-14-11-22/h3-11,13-14,17,19-21,27H,12,15-16,18,29H2,1-2H3/t20-,21?,27-/m0/s1. The largest absolute Gasteiger partial charge is 0.310 e. The third kappa shape index (κ3) is 7.11. The second kappa shape index (κ2) is 12.5. The number of sulfone groups is 1. The minimum Gasteiger partial charge on any atom is -0.310 e. The van der Waals surface area contributed by atoms with Crippen LogP contribution in [-0.4, -0.2) is 54.7 Å². The van der Waals surface area contributed by atoms with E-state index in [2.05, 4.69) is 9.97 Å². The molecule has 9 nitrogen and oxygen atoms in total. The molecule has 0 fully saturated rings. The van der Waals surface area contributed by atoms with Crippen molar-refractivity contribution in [1.82, 2.24) is 14.3 Å². The lowest BCUT2D eigenvalue weighted by Gasteiger charge is -2.34. The summed E-state index contributed by atoms with van der Waals surface area (Å²) < 4.78 is 55.2. The van der Waals surface area contributed by atoms with Crippen molar-refractivity contribution in [3.05, 3.63) is 89.7 Å². The Bertz CT molecular complexity index is 1660. The average Bonchev–Trinajstić information content (AvgIpc) is 3.41. The predicted molar refractivity (Wildman–Crippen MR) is 157 cm³/mol. The monoisotopic (exact) mass is 600 g/mol. The Morgan fingerprint density at radius 3 is 2.38 bits per heavy atom. The van der Waals surface area contributed by atoms with Crippen LogP contribution in [0.2, 0.25) is 0 Å². The zero-order valence-corrected chi connectivity index (χ0v) is 24.7. The van der Waals surface area contributed by atoms with Crippen molar-refractivity contribution in [1.29, 1.82) is 0 Å². The van der Waals surface area contributed by atoms with Gasteiger partial charge in [-0.3, -0.25) is 9.78 Å². The first kappa shape index (κ1) is 29.8. The molecule has 4 rings (SSSR count). The van der Waals surface area contributed by atoms with Gasteiger partial charge in [0.05, 0.1) is 44.2 Å². The maximum atomic E-state index is 14.0. The van der Waals surface area contributed by atoms with Gasteiger partial charge in [0.15, 0.2) is 9.84 Å². The van der Waals surface area contributed by atoms with Gasteiger partial charge >= 0.3 is 0 Å². The van der Waals surface area contributed by atoms with Crippen LogP contribution in [0.4, 0.5) is 0 Å². The molecule has 2 aromatic heterocycles. The number of nitrogens with two attached hydrogens (primary N) is 1. The molecular formula is C28H32N4O5S3. The fourth-order valence-electron chi connectivity index (χ4n) is 4.45. The molecule has 40 heavy (non-hydrogen) atoms. The fourth-order valence-corrected chi connectivity index (χ4v) is 8.54. The number of sulfonamides is 1. The Kier molecular flexibility index (Phi) is 9.34. The van der Waals surface area contributed by atoms with Gasteiger partial charge in [0.2, 0.25) is 5.91 Å². The number of hydrogen-bond acceptors (Lipinski definition) is 9. The molecule has 0 saturated heterocycles. The van der Waals surface area contributed by atoms with E-state index in [1.54, 1.807) is 43.0 Å². The van der Waals surface area contributed by atoms with Gasteiger partial charge in [0, 0.05) is 12.4 Å². The number of hydrogen-bond donors (Lipinski definition) is 1. The maximum absolute atomic E-state index is 14.0. The van der Waals surface area contributed by atoms with Crippen molar-refractivity contribution in [2.75, 3.05) is 11.5 Å². The van der Waals surface area contributed by atoms with E-state index < -0.39 is 49.5 Å². The number of thiazole rings is 1. The van der Waals surface area contributed by atoms with Crippen LogP contribution in [0.1, 0.15) is 25.0 Å². The van der Waals surface area contributed by atoms with Gasteiger partial charge < -0.3 is 5.73 Å². The molecule has 0 aliphatic carbocycles. The molecular weight excluding hydrogens is 569 g/mol. The zero-order chi connectivity index (χ0) is 28.9. The number of nitrogens with zero attached hydrogens (tertiary/aromatic N) is 3. The van der Waals surface area contributed by atoms with Crippen LogP contribution >= 0.6 is 11.3 Å². The Labute approximate surface area is 239 Å². The molecule has 2 N–H and O–H groups in total. The van der Waals surface area contributed by atoms with Gasteiger partial charge in [-0.1, -0.05) is 44.2 Å². The number of benzene rings is 2. The maximum Gasteiger partial charge on any atom is 0.267 e. The molecule has 2 aromatic carbocycles. The molecule has 4 aromatic rings. The van der Waals surface area contributed by atoms with Crippen LogP contribution in [0.3, 0.4) is 0 Å². The molecule has 0 saturated carbocycles. The lowest BCUT2D eigenvalue weighted by molar-refractivity contribution is -0.131.